The fourth-order valence-corrected chi connectivity index (χ4v) is 3.48. The SMILES string of the molecule is Cc1ccc(NC(=O)CCN(Cc2ccc(C(=O)NO)cc2)C(=O)c2ccc(N(C)C)cc2)cc1. The molecule has 3 aromatic rings. The summed E-state index contributed by atoms with van der Waals surface area (Å²) in [6, 6.07) is 21.4. The van der Waals surface area contributed by atoms with Gasteiger partial charge in [0.1, 0.15) is 0 Å². The average molecular weight is 475 g/mol. The second kappa shape index (κ2) is 11.8. The number of rotatable bonds is 9. The molecule has 3 rings (SSSR count). The van der Waals surface area contributed by atoms with Crippen LogP contribution in [0.25, 0.3) is 0 Å². The number of amides is 3. The van der Waals surface area contributed by atoms with Crippen LogP contribution in [-0.2, 0) is 11.3 Å². The van der Waals surface area contributed by atoms with Crippen molar-refractivity contribution in [1.29, 1.82) is 0 Å². The van der Waals surface area contributed by atoms with Gasteiger partial charge in [-0.3, -0.25) is 19.6 Å². The molecule has 0 unspecified atom stereocenters. The van der Waals surface area contributed by atoms with Gasteiger partial charge in [0.25, 0.3) is 11.8 Å². The van der Waals surface area contributed by atoms with E-state index in [1.807, 2.05) is 62.3 Å². The Labute approximate surface area is 205 Å². The van der Waals surface area contributed by atoms with Gasteiger partial charge in [-0.05, 0) is 61.0 Å². The first-order valence-corrected chi connectivity index (χ1v) is 11.2. The number of hydroxylamine groups is 1. The molecule has 0 aliphatic carbocycles. The molecule has 3 amide bonds. The van der Waals surface area contributed by atoms with Crippen molar-refractivity contribution in [3.8, 4) is 0 Å². The van der Waals surface area contributed by atoms with Gasteiger partial charge in [-0.2, -0.15) is 0 Å². The van der Waals surface area contributed by atoms with Crippen LogP contribution in [0.2, 0.25) is 0 Å². The first kappa shape index (κ1) is 25.5. The Bertz CT molecular complexity index is 1160. The van der Waals surface area contributed by atoms with Crippen molar-refractivity contribution in [3.63, 3.8) is 0 Å². The quantitative estimate of drug-likeness (QED) is 0.323. The molecule has 0 atom stereocenters. The summed E-state index contributed by atoms with van der Waals surface area (Å²) in [5.41, 5.74) is 5.98. The van der Waals surface area contributed by atoms with E-state index in [0.717, 1.165) is 16.8 Å². The molecule has 8 heteroatoms. The van der Waals surface area contributed by atoms with Crippen LogP contribution in [0.4, 0.5) is 11.4 Å². The number of nitrogens with one attached hydrogen (secondary N) is 2. The lowest BCUT2D eigenvalue weighted by Crippen LogP contribution is -2.33. The third-order valence-corrected chi connectivity index (χ3v) is 5.55. The molecule has 0 fully saturated rings. The molecule has 0 saturated carbocycles. The summed E-state index contributed by atoms with van der Waals surface area (Å²) in [5.74, 6) is -1.00. The fourth-order valence-electron chi connectivity index (χ4n) is 3.48. The predicted octanol–water partition coefficient (Wildman–Crippen LogP) is 3.85. The van der Waals surface area contributed by atoms with Gasteiger partial charge in [0.2, 0.25) is 5.91 Å². The Morgan fingerprint density at radius 3 is 2.00 bits per heavy atom. The van der Waals surface area contributed by atoms with Crippen molar-refractivity contribution in [2.45, 2.75) is 19.9 Å². The normalized spacial score (nSPS) is 10.4. The molecule has 35 heavy (non-hydrogen) atoms. The van der Waals surface area contributed by atoms with Crippen LogP contribution < -0.4 is 15.7 Å². The van der Waals surface area contributed by atoms with Gasteiger partial charge < -0.3 is 15.1 Å². The molecule has 8 nitrogen and oxygen atoms in total. The summed E-state index contributed by atoms with van der Waals surface area (Å²) in [6.45, 7) is 2.45. The molecule has 0 bridgehead atoms. The van der Waals surface area contributed by atoms with Gasteiger partial charge in [-0.25, -0.2) is 5.48 Å². The highest BCUT2D eigenvalue weighted by Crippen LogP contribution is 2.17. The van der Waals surface area contributed by atoms with Crippen molar-refractivity contribution in [3.05, 3.63) is 95.1 Å². The number of benzene rings is 3. The average Bonchev–Trinajstić information content (AvgIpc) is 2.87. The van der Waals surface area contributed by atoms with Crippen LogP contribution >= 0.6 is 0 Å². The van der Waals surface area contributed by atoms with E-state index < -0.39 is 5.91 Å². The molecule has 0 heterocycles. The number of carbonyl (C=O) groups excluding carboxylic acids is 3. The van der Waals surface area contributed by atoms with Gasteiger partial charge in [0.05, 0.1) is 0 Å². The highest BCUT2D eigenvalue weighted by Gasteiger charge is 2.18. The molecule has 0 aromatic heterocycles. The van der Waals surface area contributed by atoms with Gasteiger partial charge in [-0.15, -0.1) is 0 Å². The zero-order valence-corrected chi connectivity index (χ0v) is 20.1. The van der Waals surface area contributed by atoms with Gasteiger partial charge >= 0.3 is 0 Å². The molecule has 0 saturated heterocycles. The van der Waals surface area contributed by atoms with Crippen LogP contribution in [0.15, 0.2) is 72.8 Å². The summed E-state index contributed by atoms with van der Waals surface area (Å²) < 4.78 is 0. The maximum Gasteiger partial charge on any atom is 0.274 e. The Morgan fingerprint density at radius 1 is 0.829 bits per heavy atom. The molecular weight excluding hydrogens is 444 g/mol. The van der Waals surface area contributed by atoms with E-state index in [9.17, 15) is 14.4 Å². The third kappa shape index (κ3) is 7.15. The number of hydrogen-bond donors (Lipinski definition) is 3. The van der Waals surface area contributed by atoms with Crippen molar-refractivity contribution >= 4 is 29.1 Å². The van der Waals surface area contributed by atoms with Crippen LogP contribution in [0, 0.1) is 6.92 Å². The highest BCUT2D eigenvalue weighted by molar-refractivity contribution is 5.96. The van der Waals surface area contributed by atoms with Crippen LogP contribution in [-0.4, -0.2) is 48.5 Å². The lowest BCUT2D eigenvalue weighted by atomic mass is 10.1. The maximum absolute atomic E-state index is 13.3. The standard InChI is InChI=1S/C27H30N4O4/c1-19-4-12-23(13-5-19)28-25(32)16-17-31(18-20-6-8-21(9-7-20)26(33)29-35)27(34)22-10-14-24(15-11-22)30(2)3/h4-15,35H,16-18H2,1-3H3,(H,28,32)(H,29,33). The second-order valence-electron chi connectivity index (χ2n) is 8.47. The minimum atomic E-state index is -0.613. The van der Waals surface area contributed by atoms with Gasteiger partial charge in [0.15, 0.2) is 0 Å². The zero-order valence-electron chi connectivity index (χ0n) is 20.1. The zero-order chi connectivity index (χ0) is 25.4. The fraction of sp³-hybridized carbons (Fsp3) is 0.222. The molecular formula is C27H30N4O4. The number of aryl methyl sites for hydroxylation is 1. The Balaban J connectivity index is 1.74. The topological polar surface area (TPSA) is 102 Å². The van der Waals surface area contributed by atoms with E-state index in [4.69, 9.17) is 5.21 Å². The molecule has 0 spiro atoms. The van der Waals surface area contributed by atoms with Crippen molar-refractivity contribution in [2.75, 3.05) is 30.9 Å². The lowest BCUT2D eigenvalue weighted by molar-refractivity contribution is -0.116. The van der Waals surface area contributed by atoms with Crippen LogP contribution in [0.1, 0.15) is 38.3 Å². The largest absolute Gasteiger partial charge is 0.378 e. The second-order valence-corrected chi connectivity index (χ2v) is 8.47. The molecule has 3 aromatic carbocycles. The summed E-state index contributed by atoms with van der Waals surface area (Å²) >= 11 is 0. The highest BCUT2D eigenvalue weighted by atomic mass is 16.5. The van der Waals surface area contributed by atoms with Crippen molar-refractivity contribution < 1.29 is 19.6 Å². The smallest absolute Gasteiger partial charge is 0.274 e. The number of nitrogens with zero attached hydrogens (tertiary/aromatic N) is 2. The minimum absolute atomic E-state index is 0.125. The molecule has 3 N–H and O–H groups in total. The summed E-state index contributed by atoms with van der Waals surface area (Å²) in [7, 11) is 3.85. The predicted molar refractivity (Wildman–Crippen MR) is 136 cm³/mol. The monoisotopic (exact) mass is 474 g/mol. The van der Waals surface area contributed by atoms with E-state index in [1.54, 1.807) is 46.8 Å². The summed E-state index contributed by atoms with van der Waals surface area (Å²) in [4.78, 5) is 41.1. The molecule has 182 valence electrons. The number of anilines is 2. The Kier molecular flexibility index (Phi) is 8.58. The van der Waals surface area contributed by atoms with Crippen LogP contribution in [0.3, 0.4) is 0 Å². The van der Waals surface area contributed by atoms with Crippen LogP contribution in [0.5, 0.6) is 0 Å². The minimum Gasteiger partial charge on any atom is -0.378 e. The molecule has 0 aliphatic rings. The lowest BCUT2D eigenvalue weighted by Gasteiger charge is -2.23. The van der Waals surface area contributed by atoms with E-state index in [0.29, 0.717) is 16.8 Å². The Hall–Kier alpha value is -4.17. The van der Waals surface area contributed by atoms with E-state index in [1.165, 1.54) is 0 Å². The number of hydrogen-bond acceptors (Lipinski definition) is 5. The maximum atomic E-state index is 13.3. The van der Waals surface area contributed by atoms with E-state index in [2.05, 4.69) is 5.32 Å². The summed E-state index contributed by atoms with van der Waals surface area (Å²) in [5, 5.41) is 11.7. The number of carbonyl (C=O) groups is 3. The summed E-state index contributed by atoms with van der Waals surface area (Å²) in [6.07, 6.45) is 0.125. The van der Waals surface area contributed by atoms with Gasteiger partial charge in [-0.1, -0.05) is 29.8 Å². The Morgan fingerprint density at radius 2 is 1.43 bits per heavy atom. The third-order valence-electron chi connectivity index (χ3n) is 5.55. The van der Waals surface area contributed by atoms with E-state index in [-0.39, 0.29) is 31.3 Å². The van der Waals surface area contributed by atoms with E-state index >= 15 is 0 Å². The first-order valence-electron chi connectivity index (χ1n) is 11.2. The van der Waals surface area contributed by atoms with Crippen molar-refractivity contribution in [1.82, 2.24) is 10.4 Å². The van der Waals surface area contributed by atoms with Gasteiger partial charge in [0, 0.05) is 56.1 Å². The first-order chi connectivity index (χ1) is 16.8. The van der Waals surface area contributed by atoms with Crippen molar-refractivity contribution in [2.24, 2.45) is 0 Å². The molecule has 0 radical (unpaired) electrons. The molecule has 0 aliphatic heterocycles.